The third kappa shape index (κ3) is 4.59. The first-order chi connectivity index (χ1) is 16.7. The van der Waals surface area contributed by atoms with Crippen molar-refractivity contribution in [3.63, 3.8) is 0 Å². The minimum atomic E-state index is -5.22. The molecule has 0 aliphatic carbocycles. The highest BCUT2D eigenvalue weighted by Crippen LogP contribution is 2.45. The van der Waals surface area contributed by atoms with Crippen LogP contribution in [0.4, 0.5) is 36.8 Å². The van der Waals surface area contributed by atoms with Crippen LogP contribution in [-0.4, -0.2) is 47.4 Å². The summed E-state index contributed by atoms with van der Waals surface area (Å²) in [5, 5.41) is 32.1. The lowest BCUT2D eigenvalue weighted by Crippen LogP contribution is -2.42. The van der Waals surface area contributed by atoms with Crippen molar-refractivity contribution in [3.8, 4) is 23.0 Å². The van der Waals surface area contributed by atoms with Crippen LogP contribution in [0.25, 0.3) is 23.0 Å². The number of pyridine rings is 1. The highest BCUT2D eigenvalue weighted by Gasteiger charge is 2.58. The van der Waals surface area contributed by atoms with Gasteiger partial charge in [-0.1, -0.05) is 6.42 Å². The van der Waals surface area contributed by atoms with Crippen LogP contribution in [0, 0.1) is 0 Å². The molecule has 0 spiro atoms. The monoisotopic (exact) mass is 520 g/mol. The fourth-order valence-corrected chi connectivity index (χ4v) is 3.93. The van der Waals surface area contributed by atoms with Crippen molar-refractivity contribution < 1.29 is 45.8 Å². The van der Waals surface area contributed by atoms with Crippen LogP contribution in [0.15, 0.2) is 16.7 Å². The fourth-order valence-electron chi connectivity index (χ4n) is 3.93. The molecule has 3 aromatic heterocycles. The Hall–Kier alpha value is -3.69. The van der Waals surface area contributed by atoms with Gasteiger partial charge in [-0.15, -0.1) is 10.2 Å². The topological polar surface area (TPSA) is 139 Å². The Morgan fingerprint density at radius 3 is 2.47 bits per heavy atom. The summed E-state index contributed by atoms with van der Waals surface area (Å²) in [7, 11) is 1.48. The van der Waals surface area contributed by atoms with E-state index in [0.717, 1.165) is 0 Å². The van der Waals surface area contributed by atoms with Crippen molar-refractivity contribution in [2.24, 2.45) is 7.05 Å². The maximum Gasteiger partial charge on any atom is 0.426 e. The number of halogens is 6. The SMILES string of the molecule is Cn1cc2c(n1)-c1nc(c(NC(=O)O)cc1C(F)(F)F)-c1nnc(o1)C(O)(C(F)(F)F)CCCCC2. The van der Waals surface area contributed by atoms with Gasteiger partial charge in [0, 0.05) is 13.2 Å². The van der Waals surface area contributed by atoms with Crippen LogP contribution in [0.3, 0.4) is 0 Å². The highest BCUT2D eigenvalue weighted by atomic mass is 19.4. The summed E-state index contributed by atoms with van der Waals surface area (Å²) in [4.78, 5) is 15.2. The number of amides is 1. The molecule has 4 heterocycles. The number of aryl methyl sites for hydroxylation is 2. The zero-order chi connectivity index (χ0) is 26.5. The number of alkyl halides is 6. The van der Waals surface area contributed by atoms with Gasteiger partial charge in [0.2, 0.25) is 5.60 Å². The molecule has 16 heteroatoms. The van der Waals surface area contributed by atoms with Crippen molar-refractivity contribution >= 4 is 11.8 Å². The molecule has 1 atom stereocenters. The molecule has 3 aromatic rings. The van der Waals surface area contributed by atoms with Gasteiger partial charge in [0.05, 0.1) is 11.3 Å². The molecule has 0 aromatic carbocycles. The van der Waals surface area contributed by atoms with Crippen LogP contribution in [0.5, 0.6) is 0 Å². The predicted octanol–water partition coefficient (Wildman–Crippen LogP) is 4.51. The minimum absolute atomic E-state index is 0.119. The van der Waals surface area contributed by atoms with E-state index in [1.54, 1.807) is 5.32 Å². The Bertz CT molecular complexity index is 1300. The maximum atomic E-state index is 14.0. The summed E-state index contributed by atoms with van der Waals surface area (Å²) in [6.45, 7) is 0. The van der Waals surface area contributed by atoms with E-state index >= 15 is 0 Å². The molecule has 1 unspecified atom stereocenters. The number of rotatable bonds is 1. The molecule has 1 aliphatic rings. The Morgan fingerprint density at radius 1 is 1.11 bits per heavy atom. The molecule has 36 heavy (non-hydrogen) atoms. The van der Waals surface area contributed by atoms with Gasteiger partial charge < -0.3 is 14.6 Å². The van der Waals surface area contributed by atoms with E-state index in [1.165, 1.54) is 17.9 Å². The molecular formula is C20H18F6N6O4. The van der Waals surface area contributed by atoms with E-state index in [2.05, 4.69) is 20.3 Å². The number of carboxylic acid groups (broad SMARTS) is 1. The number of hydrogen-bond donors (Lipinski definition) is 3. The van der Waals surface area contributed by atoms with E-state index in [1.807, 2.05) is 0 Å². The van der Waals surface area contributed by atoms with Gasteiger partial charge in [0.1, 0.15) is 11.4 Å². The number of anilines is 1. The third-order valence-electron chi connectivity index (χ3n) is 5.63. The van der Waals surface area contributed by atoms with Gasteiger partial charge in [-0.2, -0.15) is 31.4 Å². The molecule has 10 nitrogen and oxygen atoms in total. The molecule has 0 saturated carbocycles. The van der Waals surface area contributed by atoms with E-state index in [-0.39, 0.29) is 31.4 Å². The second-order valence-corrected chi connectivity index (χ2v) is 8.22. The molecule has 1 aliphatic heterocycles. The van der Waals surface area contributed by atoms with Gasteiger partial charge >= 0.3 is 18.4 Å². The largest absolute Gasteiger partial charge is 0.465 e. The zero-order valence-corrected chi connectivity index (χ0v) is 18.4. The number of hydrogen-bond acceptors (Lipinski definition) is 7. The molecule has 4 rings (SSSR count). The molecule has 194 valence electrons. The maximum absolute atomic E-state index is 14.0. The number of fused-ring (bicyclic) bond motifs is 7. The van der Waals surface area contributed by atoms with Gasteiger partial charge in [-0.3, -0.25) is 10.00 Å². The lowest BCUT2D eigenvalue weighted by molar-refractivity contribution is -0.277. The van der Waals surface area contributed by atoms with E-state index in [0.29, 0.717) is 11.6 Å². The summed E-state index contributed by atoms with van der Waals surface area (Å²) >= 11 is 0. The van der Waals surface area contributed by atoms with Crippen molar-refractivity contribution in [3.05, 3.63) is 29.3 Å². The molecule has 0 fully saturated rings. The van der Waals surface area contributed by atoms with Crippen LogP contribution < -0.4 is 5.32 Å². The van der Waals surface area contributed by atoms with E-state index in [4.69, 9.17) is 9.52 Å². The molecule has 0 saturated heterocycles. The van der Waals surface area contributed by atoms with Crippen molar-refractivity contribution in [1.82, 2.24) is 25.0 Å². The van der Waals surface area contributed by atoms with Crippen LogP contribution in [-0.2, 0) is 25.2 Å². The van der Waals surface area contributed by atoms with Gasteiger partial charge in [-0.25, -0.2) is 9.78 Å². The molecular weight excluding hydrogens is 502 g/mol. The summed E-state index contributed by atoms with van der Waals surface area (Å²) in [6, 6.07) is 0.427. The highest BCUT2D eigenvalue weighted by molar-refractivity contribution is 5.89. The Labute approximate surface area is 198 Å². The zero-order valence-electron chi connectivity index (χ0n) is 18.4. The van der Waals surface area contributed by atoms with E-state index in [9.17, 15) is 36.2 Å². The molecule has 1 amide bonds. The van der Waals surface area contributed by atoms with Crippen molar-refractivity contribution in [2.45, 2.75) is 50.1 Å². The lowest BCUT2D eigenvalue weighted by atomic mass is 9.94. The Morgan fingerprint density at radius 2 is 1.83 bits per heavy atom. The van der Waals surface area contributed by atoms with Crippen LogP contribution in [0.1, 0.15) is 42.7 Å². The second-order valence-electron chi connectivity index (χ2n) is 8.22. The average Bonchev–Trinajstić information content (AvgIpc) is 3.38. The number of nitrogens with zero attached hydrogens (tertiary/aromatic N) is 5. The molecule has 3 N–H and O–H groups in total. The molecule has 4 bridgehead atoms. The van der Waals surface area contributed by atoms with E-state index < -0.39 is 64.9 Å². The number of carbonyl (C=O) groups is 1. The summed E-state index contributed by atoms with van der Waals surface area (Å²) in [6.07, 6.45) is -10.8. The Balaban J connectivity index is 2.03. The van der Waals surface area contributed by atoms with Crippen LogP contribution in [0.2, 0.25) is 0 Å². The average molecular weight is 520 g/mol. The second kappa shape index (κ2) is 8.76. The van der Waals surface area contributed by atoms with Crippen LogP contribution >= 0.6 is 0 Å². The Kier molecular flexibility index (Phi) is 6.18. The van der Waals surface area contributed by atoms with Gasteiger partial charge in [0.15, 0.2) is 5.69 Å². The first-order valence-corrected chi connectivity index (χ1v) is 10.5. The quantitative estimate of drug-likeness (QED) is 0.399. The number of nitrogens with one attached hydrogen (secondary N) is 1. The fraction of sp³-hybridized carbons (Fsp3) is 0.450. The summed E-state index contributed by atoms with van der Waals surface area (Å²) in [5.41, 5.74) is -6.81. The van der Waals surface area contributed by atoms with Crippen molar-refractivity contribution in [2.75, 3.05) is 5.32 Å². The summed E-state index contributed by atoms with van der Waals surface area (Å²) in [5.74, 6) is -2.08. The standard InChI is InChI=1S/C20H18F6N6O4/c1-32-8-9-5-3-2-4-6-18(35,20(24,25)26)16-30-29-15(36-16)14-11(27-17(33)34)7-10(19(21,22)23)13(28-14)12(9)31-32/h7-8,27,35H,2-6H2,1H3,(H,33,34). The number of aliphatic hydroxyl groups is 1. The number of aromatic nitrogens is 5. The third-order valence-corrected chi connectivity index (χ3v) is 5.63. The first-order valence-electron chi connectivity index (χ1n) is 10.5. The minimum Gasteiger partial charge on any atom is -0.465 e. The summed E-state index contributed by atoms with van der Waals surface area (Å²) < 4.78 is 89.8. The van der Waals surface area contributed by atoms with Gasteiger partial charge in [0.25, 0.3) is 11.8 Å². The molecule has 0 radical (unpaired) electrons. The lowest BCUT2D eigenvalue weighted by Gasteiger charge is -2.27. The van der Waals surface area contributed by atoms with Crippen molar-refractivity contribution in [1.29, 1.82) is 0 Å². The first kappa shape index (κ1) is 25.4. The normalized spacial score (nSPS) is 18.9. The predicted molar refractivity (Wildman–Crippen MR) is 109 cm³/mol. The smallest absolute Gasteiger partial charge is 0.426 e. The van der Waals surface area contributed by atoms with Gasteiger partial charge in [-0.05, 0) is 37.3 Å².